The molecule has 1 aliphatic heterocycles. The van der Waals surface area contributed by atoms with Crippen LogP contribution in [0, 0.1) is 0 Å². The maximum absolute atomic E-state index is 12.4. The summed E-state index contributed by atoms with van der Waals surface area (Å²) in [5, 5.41) is 9.90. The Balaban J connectivity index is 1.33. The van der Waals surface area contributed by atoms with E-state index in [0.717, 1.165) is 30.8 Å². The Morgan fingerprint density at radius 1 is 1.12 bits per heavy atom. The first-order chi connectivity index (χ1) is 12.8. The molecule has 4 rings (SSSR count). The second kappa shape index (κ2) is 7.44. The SMILES string of the molecule is O=C(NCCN1CCCc2ccccc21)c1ccc(-c2ccn[nH]2)cc1. The number of nitrogens with zero attached hydrogens (tertiary/aromatic N) is 2. The van der Waals surface area contributed by atoms with Crippen molar-refractivity contribution in [3.8, 4) is 11.3 Å². The summed E-state index contributed by atoms with van der Waals surface area (Å²) in [5.41, 5.74) is 5.34. The highest BCUT2D eigenvalue weighted by molar-refractivity contribution is 5.94. The predicted octanol–water partition coefficient (Wildman–Crippen LogP) is 3.26. The molecule has 1 aromatic heterocycles. The normalized spacial score (nSPS) is 13.3. The molecule has 26 heavy (non-hydrogen) atoms. The molecule has 0 unspecified atom stereocenters. The number of carbonyl (C=O) groups is 1. The monoisotopic (exact) mass is 346 g/mol. The first-order valence-electron chi connectivity index (χ1n) is 9.02. The quantitative estimate of drug-likeness (QED) is 0.745. The van der Waals surface area contributed by atoms with Gasteiger partial charge in [0, 0.05) is 37.1 Å². The molecule has 0 fully saturated rings. The zero-order chi connectivity index (χ0) is 17.8. The van der Waals surface area contributed by atoms with Crippen molar-refractivity contribution in [2.24, 2.45) is 0 Å². The molecule has 1 amide bonds. The van der Waals surface area contributed by atoms with Crippen molar-refractivity contribution in [2.75, 3.05) is 24.5 Å². The van der Waals surface area contributed by atoms with Crippen molar-refractivity contribution < 1.29 is 4.79 Å². The number of hydrogen-bond acceptors (Lipinski definition) is 3. The van der Waals surface area contributed by atoms with E-state index in [1.54, 1.807) is 6.20 Å². The maximum Gasteiger partial charge on any atom is 0.251 e. The number of carbonyl (C=O) groups excluding carboxylic acids is 1. The Hall–Kier alpha value is -3.08. The summed E-state index contributed by atoms with van der Waals surface area (Å²) in [4.78, 5) is 14.7. The molecule has 2 aromatic carbocycles. The van der Waals surface area contributed by atoms with Crippen LogP contribution in [0.25, 0.3) is 11.3 Å². The van der Waals surface area contributed by atoms with Gasteiger partial charge in [0.2, 0.25) is 0 Å². The first-order valence-corrected chi connectivity index (χ1v) is 9.02. The number of benzene rings is 2. The Bertz CT molecular complexity index is 871. The maximum atomic E-state index is 12.4. The highest BCUT2D eigenvalue weighted by Gasteiger charge is 2.16. The molecule has 3 aromatic rings. The number of fused-ring (bicyclic) bond motifs is 1. The van der Waals surface area contributed by atoms with Gasteiger partial charge in [-0.2, -0.15) is 5.10 Å². The molecule has 0 saturated carbocycles. The van der Waals surface area contributed by atoms with E-state index >= 15 is 0 Å². The van der Waals surface area contributed by atoms with E-state index in [-0.39, 0.29) is 5.91 Å². The number of nitrogens with one attached hydrogen (secondary N) is 2. The fraction of sp³-hybridized carbons (Fsp3) is 0.238. The summed E-state index contributed by atoms with van der Waals surface area (Å²) in [6.07, 6.45) is 4.02. The number of aromatic amines is 1. The summed E-state index contributed by atoms with van der Waals surface area (Å²) in [5.74, 6) is -0.0357. The number of H-pyrrole nitrogens is 1. The van der Waals surface area contributed by atoms with Crippen LogP contribution in [0.15, 0.2) is 60.8 Å². The van der Waals surface area contributed by atoms with Gasteiger partial charge in [-0.1, -0.05) is 30.3 Å². The van der Waals surface area contributed by atoms with Gasteiger partial charge in [0.15, 0.2) is 0 Å². The number of amides is 1. The predicted molar refractivity (Wildman–Crippen MR) is 103 cm³/mol. The molecular formula is C21H22N4O. The number of aromatic nitrogens is 2. The van der Waals surface area contributed by atoms with Crippen LogP contribution in [0.4, 0.5) is 5.69 Å². The minimum Gasteiger partial charge on any atom is -0.370 e. The van der Waals surface area contributed by atoms with Crippen molar-refractivity contribution in [2.45, 2.75) is 12.8 Å². The summed E-state index contributed by atoms with van der Waals surface area (Å²) >= 11 is 0. The Kier molecular flexibility index (Phi) is 4.69. The summed E-state index contributed by atoms with van der Waals surface area (Å²) < 4.78 is 0. The largest absolute Gasteiger partial charge is 0.370 e. The van der Waals surface area contributed by atoms with Gasteiger partial charge < -0.3 is 10.2 Å². The molecule has 0 aliphatic carbocycles. The van der Waals surface area contributed by atoms with E-state index < -0.39 is 0 Å². The lowest BCUT2D eigenvalue weighted by molar-refractivity contribution is 0.0954. The average molecular weight is 346 g/mol. The van der Waals surface area contributed by atoms with Crippen LogP contribution in [0.5, 0.6) is 0 Å². The van der Waals surface area contributed by atoms with E-state index in [1.165, 1.54) is 17.7 Å². The van der Waals surface area contributed by atoms with Crippen molar-refractivity contribution >= 4 is 11.6 Å². The van der Waals surface area contributed by atoms with E-state index in [2.05, 4.69) is 44.7 Å². The molecule has 0 spiro atoms. The van der Waals surface area contributed by atoms with Crippen molar-refractivity contribution in [1.29, 1.82) is 0 Å². The van der Waals surface area contributed by atoms with E-state index in [1.807, 2.05) is 30.3 Å². The number of hydrogen-bond donors (Lipinski definition) is 2. The molecule has 2 heterocycles. The molecule has 0 radical (unpaired) electrons. The molecule has 5 nitrogen and oxygen atoms in total. The third kappa shape index (κ3) is 3.47. The van der Waals surface area contributed by atoms with Gasteiger partial charge >= 0.3 is 0 Å². The minimum atomic E-state index is -0.0357. The van der Waals surface area contributed by atoms with E-state index in [0.29, 0.717) is 12.1 Å². The Morgan fingerprint density at radius 2 is 1.96 bits per heavy atom. The number of anilines is 1. The molecule has 132 valence electrons. The van der Waals surface area contributed by atoms with Crippen LogP contribution in [0.2, 0.25) is 0 Å². The van der Waals surface area contributed by atoms with Gasteiger partial charge in [0.1, 0.15) is 0 Å². The van der Waals surface area contributed by atoms with E-state index in [9.17, 15) is 4.79 Å². The zero-order valence-corrected chi connectivity index (χ0v) is 14.6. The lowest BCUT2D eigenvalue weighted by Gasteiger charge is -2.31. The van der Waals surface area contributed by atoms with Gasteiger partial charge in [-0.05, 0) is 48.2 Å². The molecule has 0 bridgehead atoms. The van der Waals surface area contributed by atoms with E-state index in [4.69, 9.17) is 0 Å². The van der Waals surface area contributed by atoms with Gasteiger partial charge in [-0.25, -0.2) is 0 Å². The molecule has 1 aliphatic rings. The highest BCUT2D eigenvalue weighted by Crippen LogP contribution is 2.26. The van der Waals surface area contributed by atoms with Gasteiger partial charge in [-0.15, -0.1) is 0 Å². The van der Waals surface area contributed by atoms with Crippen LogP contribution < -0.4 is 10.2 Å². The molecule has 5 heteroatoms. The van der Waals surface area contributed by atoms with Crippen molar-refractivity contribution in [1.82, 2.24) is 15.5 Å². The minimum absolute atomic E-state index is 0.0357. The zero-order valence-electron chi connectivity index (χ0n) is 14.6. The third-order valence-electron chi connectivity index (χ3n) is 4.83. The average Bonchev–Trinajstić information content (AvgIpc) is 3.23. The summed E-state index contributed by atoms with van der Waals surface area (Å²) in [7, 11) is 0. The van der Waals surface area contributed by atoms with Crippen LogP contribution >= 0.6 is 0 Å². The topological polar surface area (TPSA) is 61.0 Å². The standard InChI is InChI=1S/C21H22N4O/c26-21(18-9-7-16(8-10-18)19-11-12-23-24-19)22-13-15-25-14-3-5-17-4-1-2-6-20(17)25/h1-2,4,6-12H,3,5,13-15H2,(H,22,26)(H,23,24). The number of aryl methyl sites for hydroxylation is 1. The van der Waals surface area contributed by atoms with Crippen LogP contribution in [0.3, 0.4) is 0 Å². The highest BCUT2D eigenvalue weighted by atomic mass is 16.1. The van der Waals surface area contributed by atoms with Crippen LogP contribution in [-0.4, -0.2) is 35.7 Å². The second-order valence-corrected chi connectivity index (χ2v) is 6.52. The van der Waals surface area contributed by atoms with Crippen molar-refractivity contribution in [3.63, 3.8) is 0 Å². The van der Waals surface area contributed by atoms with Gasteiger partial charge in [0.25, 0.3) is 5.91 Å². The molecule has 0 saturated heterocycles. The first kappa shape index (κ1) is 16.4. The lowest BCUT2D eigenvalue weighted by atomic mass is 10.0. The lowest BCUT2D eigenvalue weighted by Crippen LogP contribution is -2.37. The number of rotatable bonds is 5. The summed E-state index contributed by atoms with van der Waals surface area (Å²) in [6, 6.07) is 18.0. The molecule has 0 atom stereocenters. The smallest absolute Gasteiger partial charge is 0.251 e. The third-order valence-corrected chi connectivity index (χ3v) is 4.83. The fourth-order valence-corrected chi connectivity index (χ4v) is 3.47. The molecular weight excluding hydrogens is 324 g/mol. The van der Waals surface area contributed by atoms with Crippen LogP contribution in [0.1, 0.15) is 22.3 Å². The second-order valence-electron chi connectivity index (χ2n) is 6.52. The fourth-order valence-electron chi connectivity index (χ4n) is 3.47. The van der Waals surface area contributed by atoms with Gasteiger partial charge in [-0.3, -0.25) is 9.89 Å². The molecule has 2 N–H and O–H groups in total. The summed E-state index contributed by atoms with van der Waals surface area (Å²) in [6.45, 7) is 2.51. The van der Waals surface area contributed by atoms with Crippen LogP contribution in [-0.2, 0) is 6.42 Å². The van der Waals surface area contributed by atoms with Crippen molar-refractivity contribution in [3.05, 3.63) is 71.9 Å². The Morgan fingerprint density at radius 3 is 2.77 bits per heavy atom. The number of para-hydroxylation sites is 1. The van der Waals surface area contributed by atoms with Gasteiger partial charge in [0.05, 0.1) is 5.69 Å². The Labute approximate surface area is 153 Å².